The zero-order chi connectivity index (χ0) is 8.39. The fraction of sp³-hybridized carbons (Fsp3) is 0.400. The summed E-state index contributed by atoms with van der Waals surface area (Å²) in [4.78, 5) is 0. The molecule has 1 aliphatic rings. The van der Waals surface area contributed by atoms with Crippen LogP contribution in [0, 0.1) is 0 Å². The summed E-state index contributed by atoms with van der Waals surface area (Å²) in [5.41, 5.74) is 7.07. The highest BCUT2D eigenvalue weighted by molar-refractivity contribution is 5.34. The summed E-state index contributed by atoms with van der Waals surface area (Å²) in [6.45, 7) is 0.650. The largest absolute Gasteiger partial charge is 0.492 e. The summed E-state index contributed by atoms with van der Waals surface area (Å²) in [5, 5.41) is 0. The van der Waals surface area contributed by atoms with Crippen LogP contribution in [0.3, 0.4) is 0 Å². The lowest BCUT2D eigenvalue weighted by molar-refractivity contribution is 0.293. The molecular weight excluding hydrogens is 150 g/mol. The van der Waals surface area contributed by atoms with Gasteiger partial charge in [0.15, 0.2) is 0 Å². The standard InChI is InChI=1S/C10H13NO/c11-9-6-5-8-3-1-2-4-10(8)12-7-9/h1-4,9H,5-7,11H2. The molecule has 1 heterocycles. The Balaban J connectivity index is 2.26. The molecule has 1 aromatic rings. The number of hydrogen-bond donors (Lipinski definition) is 1. The molecule has 0 aromatic heterocycles. The van der Waals surface area contributed by atoms with E-state index in [1.54, 1.807) is 0 Å². The topological polar surface area (TPSA) is 35.2 Å². The molecule has 2 N–H and O–H groups in total. The van der Waals surface area contributed by atoms with E-state index in [4.69, 9.17) is 10.5 Å². The van der Waals surface area contributed by atoms with Gasteiger partial charge in [-0.1, -0.05) is 18.2 Å². The number of aryl methyl sites for hydroxylation is 1. The summed E-state index contributed by atoms with van der Waals surface area (Å²) in [6.07, 6.45) is 2.06. The Morgan fingerprint density at radius 1 is 1.33 bits per heavy atom. The molecule has 2 heteroatoms. The number of fused-ring (bicyclic) bond motifs is 1. The number of benzene rings is 1. The van der Waals surface area contributed by atoms with Crippen molar-refractivity contribution in [2.45, 2.75) is 18.9 Å². The maximum absolute atomic E-state index is 5.79. The smallest absolute Gasteiger partial charge is 0.122 e. The Hall–Kier alpha value is -1.02. The lowest BCUT2D eigenvalue weighted by Crippen LogP contribution is -2.26. The van der Waals surface area contributed by atoms with Gasteiger partial charge < -0.3 is 10.5 Å². The highest BCUT2D eigenvalue weighted by atomic mass is 16.5. The van der Waals surface area contributed by atoms with Crippen molar-refractivity contribution < 1.29 is 4.74 Å². The van der Waals surface area contributed by atoms with E-state index in [-0.39, 0.29) is 6.04 Å². The number of ether oxygens (including phenoxy) is 1. The fourth-order valence-electron chi connectivity index (χ4n) is 1.47. The maximum Gasteiger partial charge on any atom is 0.122 e. The van der Waals surface area contributed by atoms with Gasteiger partial charge in [0.1, 0.15) is 12.4 Å². The third-order valence-electron chi connectivity index (χ3n) is 2.21. The maximum atomic E-state index is 5.79. The van der Waals surface area contributed by atoms with Gasteiger partial charge >= 0.3 is 0 Å². The van der Waals surface area contributed by atoms with Crippen molar-refractivity contribution >= 4 is 0 Å². The van der Waals surface area contributed by atoms with Gasteiger partial charge in [-0.2, -0.15) is 0 Å². The third kappa shape index (κ3) is 1.43. The second-order valence-corrected chi connectivity index (χ2v) is 3.22. The Morgan fingerprint density at radius 3 is 3.08 bits per heavy atom. The summed E-state index contributed by atoms with van der Waals surface area (Å²) in [7, 11) is 0. The van der Waals surface area contributed by atoms with Gasteiger partial charge in [0.2, 0.25) is 0 Å². The number of rotatable bonds is 0. The molecule has 64 valence electrons. The van der Waals surface area contributed by atoms with E-state index < -0.39 is 0 Å². The van der Waals surface area contributed by atoms with Crippen LogP contribution in [0.25, 0.3) is 0 Å². The minimum Gasteiger partial charge on any atom is -0.492 e. The first-order valence-electron chi connectivity index (χ1n) is 4.32. The van der Waals surface area contributed by atoms with Crippen molar-refractivity contribution in [3.8, 4) is 5.75 Å². The van der Waals surface area contributed by atoms with Gasteiger partial charge in [-0.15, -0.1) is 0 Å². The molecule has 0 amide bonds. The molecule has 0 saturated heterocycles. The monoisotopic (exact) mass is 163 g/mol. The van der Waals surface area contributed by atoms with Gasteiger partial charge in [0.05, 0.1) is 0 Å². The number of nitrogens with two attached hydrogens (primary N) is 1. The highest BCUT2D eigenvalue weighted by Gasteiger charge is 2.12. The Kier molecular flexibility index (Phi) is 2.00. The molecule has 1 atom stereocenters. The molecule has 0 spiro atoms. The average molecular weight is 163 g/mol. The van der Waals surface area contributed by atoms with Gasteiger partial charge in [-0.05, 0) is 24.5 Å². The predicted octanol–water partition coefficient (Wildman–Crippen LogP) is 1.34. The van der Waals surface area contributed by atoms with Crippen LogP contribution in [-0.2, 0) is 6.42 Å². The molecule has 2 nitrogen and oxygen atoms in total. The van der Waals surface area contributed by atoms with Crippen LogP contribution in [0.2, 0.25) is 0 Å². The van der Waals surface area contributed by atoms with Crippen molar-refractivity contribution in [2.75, 3.05) is 6.61 Å². The van der Waals surface area contributed by atoms with E-state index in [2.05, 4.69) is 6.07 Å². The van der Waals surface area contributed by atoms with E-state index in [9.17, 15) is 0 Å². The van der Waals surface area contributed by atoms with E-state index in [1.807, 2.05) is 18.2 Å². The van der Waals surface area contributed by atoms with Crippen molar-refractivity contribution in [1.29, 1.82) is 0 Å². The van der Waals surface area contributed by atoms with Crippen LogP contribution < -0.4 is 10.5 Å². The molecule has 1 unspecified atom stereocenters. The summed E-state index contributed by atoms with van der Waals surface area (Å²) >= 11 is 0. The Labute approximate surface area is 72.3 Å². The second-order valence-electron chi connectivity index (χ2n) is 3.22. The van der Waals surface area contributed by atoms with Crippen LogP contribution in [0.1, 0.15) is 12.0 Å². The van der Waals surface area contributed by atoms with Gasteiger partial charge in [0.25, 0.3) is 0 Å². The molecule has 2 rings (SSSR count). The molecule has 0 radical (unpaired) electrons. The first-order chi connectivity index (χ1) is 5.86. The van der Waals surface area contributed by atoms with Crippen molar-refractivity contribution in [3.63, 3.8) is 0 Å². The molecule has 1 aromatic carbocycles. The first-order valence-corrected chi connectivity index (χ1v) is 4.32. The zero-order valence-electron chi connectivity index (χ0n) is 6.99. The minimum atomic E-state index is 0.192. The normalized spacial score (nSPS) is 22.2. The first kappa shape index (κ1) is 7.62. The second kappa shape index (κ2) is 3.15. The predicted molar refractivity (Wildman–Crippen MR) is 48.2 cm³/mol. The summed E-state index contributed by atoms with van der Waals surface area (Å²) in [5.74, 6) is 1.01. The molecule has 0 fully saturated rings. The van der Waals surface area contributed by atoms with Gasteiger partial charge in [-0.25, -0.2) is 0 Å². The van der Waals surface area contributed by atoms with Gasteiger partial charge in [0, 0.05) is 6.04 Å². The molecule has 0 bridgehead atoms. The Morgan fingerprint density at radius 2 is 2.17 bits per heavy atom. The quantitative estimate of drug-likeness (QED) is 0.626. The van der Waals surface area contributed by atoms with Crippen LogP contribution in [0.4, 0.5) is 0 Å². The zero-order valence-corrected chi connectivity index (χ0v) is 6.99. The van der Waals surface area contributed by atoms with Crippen LogP contribution >= 0.6 is 0 Å². The molecule has 0 aliphatic carbocycles. The molecule has 12 heavy (non-hydrogen) atoms. The molecule has 1 aliphatic heterocycles. The minimum absolute atomic E-state index is 0.192. The number of para-hydroxylation sites is 1. The van der Waals surface area contributed by atoms with Crippen molar-refractivity contribution in [2.24, 2.45) is 5.73 Å². The third-order valence-corrected chi connectivity index (χ3v) is 2.21. The fourth-order valence-corrected chi connectivity index (χ4v) is 1.47. The van der Waals surface area contributed by atoms with Gasteiger partial charge in [-0.3, -0.25) is 0 Å². The van der Waals surface area contributed by atoms with Crippen molar-refractivity contribution in [1.82, 2.24) is 0 Å². The van der Waals surface area contributed by atoms with E-state index in [1.165, 1.54) is 5.56 Å². The van der Waals surface area contributed by atoms with Crippen LogP contribution in [-0.4, -0.2) is 12.6 Å². The van der Waals surface area contributed by atoms with Crippen LogP contribution in [0.5, 0.6) is 5.75 Å². The molecular formula is C10H13NO. The lowest BCUT2D eigenvalue weighted by Gasteiger charge is -2.07. The van der Waals surface area contributed by atoms with Crippen LogP contribution in [0.15, 0.2) is 24.3 Å². The SMILES string of the molecule is NC1CCc2ccccc2OC1. The van der Waals surface area contributed by atoms with E-state index >= 15 is 0 Å². The van der Waals surface area contributed by atoms with E-state index in [0.29, 0.717) is 6.61 Å². The summed E-state index contributed by atoms with van der Waals surface area (Å²) < 4.78 is 5.54. The van der Waals surface area contributed by atoms with Crippen molar-refractivity contribution in [3.05, 3.63) is 29.8 Å². The Bertz CT molecular complexity index is 245. The highest BCUT2D eigenvalue weighted by Crippen LogP contribution is 2.22. The summed E-state index contributed by atoms with van der Waals surface area (Å²) in [6, 6.07) is 8.34. The molecule has 0 saturated carbocycles. The lowest BCUT2D eigenvalue weighted by atomic mass is 10.1. The van der Waals surface area contributed by atoms with E-state index in [0.717, 1.165) is 18.6 Å². The average Bonchev–Trinajstić information content (AvgIpc) is 2.29. The number of hydrogen-bond acceptors (Lipinski definition) is 2.